The number of halogens is 3. The van der Waals surface area contributed by atoms with E-state index in [4.69, 9.17) is 34.8 Å². The molecule has 0 saturated carbocycles. The summed E-state index contributed by atoms with van der Waals surface area (Å²) in [5.74, 6) is 0.0446. The van der Waals surface area contributed by atoms with Crippen LogP contribution in [0.25, 0.3) is 0 Å². The van der Waals surface area contributed by atoms with E-state index in [1.807, 2.05) is 12.1 Å². The van der Waals surface area contributed by atoms with E-state index in [0.717, 1.165) is 37.2 Å². The number of carbonyl (C=O) groups excluding carboxylic acids is 1. The van der Waals surface area contributed by atoms with Gasteiger partial charge in [0.2, 0.25) is 5.91 Å². The zero-order valence-electron chi connectivity index (χ0n) is 16.1. The Labute approximate surface area is 191 Å². The van der Waals surface area contributed by atoms with Gasteiger partial charge >= 0.3 is 0 Å². The zero-order chi connectivity index (χ0) is 21.5. The molecule has 1 fully saturated rings. The van der Waals surface area contributed by atoms with Crippen molar-refractivity contribution in [3.05, 3.63) is 57.0 Å². The number of benzene rings is 2. The predicted molar refractivity (Wildman–Crippen MR) is 121 cm³/mol. The molecule has 0 spiro atoms. The molecule has 2 aliphatic rings. The second kappa shape index (κ2) is 8.67. The van der Waals surface area contributed by atoms with Crippen LogP contribution in [0, 0.1) is 5.92 Å². The molecule has 1 amide bonds. The molecule has 2 aliphatic heterocycles. The normalized spacial score (nSPS) is 20.2. The summed E-state index contributed by atoms with van der Waals surface area (Å²) in [5.41, 5.74) is 1.80. The summed E-state index contributed by atoms with van der Waals surface area (Å²) >= 11 is 18.0. The number of amides is 1. The lowest BCUT2D eigenvalue weighted by Gasteiger charge is -2.34. The number of nitrogens with one attached hydrogen (secondary N) is 1. The molecule has 5 nitrogen and oxygen atoms in total. The van der Waals surface area contributed by atoms with E-state index >= 15 is 0 Å². The van der Waals surface area contributed by atoms with Gasteiger partial charge in [0.25, 0.3) is 0 Å². The van der Waals surface area contributed by atoms with Crippen LogP contribution < -0.4 is 5.32 Å². The van der Waals surface area contributed by atoms with Gasteiger partial charge < -0.3 is 10.2 Å². The zero-order valence-corrected chi connectivity index (χ0v) is 19.2. The van der Waals surface area contributed by atoms with E-state index in [1.54, 1.807) is 12.1 Å². The third-order valence-electron chi connectivity index (χ3n) is 5.90. The molecule has 0 radical (unpaired) electrons. The fraction of sp³-hybridized carbons (Fsp3) is 0.381. The van der Waals surface area contributed by atoms with Gasteiger partial charge in [0.1, 0.15) is 0 Å². The van der Waals surface area contributed by atoms with Crippen molar-refractivity contribution in [1.82, 2.24) is 4.90 Å². The maximum atomic E-state index is 12.7. The lowest BCUT2D eigenvalue weighted by molar-refractivity contribution is -0.118. The fourth-order valence-electron chi connectivity index (χ4n) is 4.31. The molecule has 1 saturated heterocycles. The van der Waals surface area contributed by atoms with Gasteiger partial charge in [-0.1, -0.05) is 40.9 Å². The van der Waals surface area contributed by atoms with Crippen molar-refractivity contribution in [2.24, 2.45) is 5.92 Å². The van der Waals surface area contributed by atoms with Crippen LogP contribution in [0.1, 0.15) is 24.3 Å². The molecule has 1 N–H and O–H groups in total. The molecule has 0 bridgehead atoms. The molecule has 1 unspecified atom stereocenters. The Bertz CT molecular complexity index is 1080. The molecule has 1 atom stereocenters. The predicted octanol–water partition coefficient (Wildman–Crippen LogP) is 4.87. The number of anilines is 1. The van der Waals surface area contributed by atoms with Gasteiger partial charge in [0.15, 0.2) is 9.84 Å². The van der Waals surface area contributed by atoms with Crippen LogP contribution in [-0.2, 0) is 14.6 Å². The molecule has 0 aliphatic carbocycles. The largest absolute Gasteiger partial charge is 0.325 e. The van der Waals surface area contributed by atoms with Gasteiger partial charge in [-0.3, -0.25) is 4.79 Å². The minimum atomic E-state index is -3.53. The number of sulfone groups is 1. The summed E-state index contributed by atoms with van der Waals surface area (Å²) < 4.78 is 25.4. The van der Waals surface area contributed by atoms with E-state index in [0.29, 0.717) is 16.6 Å². The first-order chi connectivity index (χ1) is 14.2. The number of carbonyl (C=O) groups is 1. The second-order valence-electron chi connectivity index (χ2n) is 7.77. The van der Waals surface area contributed by atoms with E-state index in [9.17, 15) is 13.2 Å². The van der Waals surface area contributed by atoms with E-state index in [-0.39, 0.29) is 33.4 Å². The summed E-state index contributed by atoms with van der Waals surface area (Å²) in [6.45, 7) is 1.91. The van der Waals surface area contributed by atoms with Crippen molar-refractivity contribution >= 4 is 56.2 Å². The van der Waals surface area contributed by atoms with Gasteiger partial charge in [0, 0.05) is 22.3 Å². The number of rotatable bonds is 5. The molecular weight excluding hydrogens is 467 g/mol. The van der Waals surface area contributed by atoms with Crippen molar-refractivity contribution < 1.29 is 13.2 Å². The Kier molecular flexibility index (Phi) is 6.33. The molecule has 0 aromatic heterocycles. The second-order valence-corrected chi connectivity index (χ2v) is 11.1. The minimum absolute atomic E-state index is 0.0175. The van der Waals surface area contributed by atoms with Crippen LogP contribution in [0.3, 0.4) is 0 Å². The highest BCUT2D eigenvalue weighted by Gasteiger charge is 2.38. The van der Waals surface area contributed by atoms with Gasteiger partial charge in [-0.15, -0.1) is 0 Å². The minimum Gasteiger partial charge on any atom is -0.325 e. The summed E-state index contributed by atoms with van der Waals surface area (Å²) in [4.78, 5) is 14.7. The molecule has 4 rings (SSSR count). The van der Waals surface area contributed by atoms with Crippen LogP contribution >= 0.6 is 34.8 Å². The van der Waals surface area contributed by atoms with E-state index in [1.165, 1.54) is 12.1 Å². The average molecular weight is 488 g/mol. The average Bonchev–Trinajstić information content (AvgIpc) is 3.03. The summed E-state index contributed by atoms with van der Waals surface area (Å²) in [5, 5.41) is 4.06. The SMILES string of the molecule is O=C1Nc2cc(Cl)ccc2C1C1CCN(CCS(=O)(=O)c2cc(Cl)ccc2Cl)CC1. The van der Waals surface area contributed by atoms with Crippen LogP contribution in [-0.4, -0.2) is 44.6 Å². The Morgan fingerprint density at radius 2 is 1.67 bits per heavy atom. The third-order valence-corrected chi connectivity index (χ3v) is 8.54. The Balaban J connectivity index is 1.37. The lowest BCUT2D eigenvalue weighted by atomic mass is 9.81. The van der Waals surface area contributed by atoms with Crippen LogP contribution in [0.4, 0.5) is 5.69 Å². The first-order valence-corrected chi connectivity index (χ1v) is 12.5. The van der Waals surface area contributed by atoms with Crippen molar-refractivity contribution in [3.63, 3.8) is 0 Å². The van der Waals surface area contributed by atoms with Crippen molar-refractivity contribution in [3.8, 4) is 0 Å². The van der Waals surface area contributed by atoms with E-state index in [2.05, 4.69) is 10.2 Å². The van der Waals surface area contributed by atoms with E-state index < -0.39 is 9.84 Å². The number of piperidine rings is 1. The first-order valence-electron chi connectivity index (χ1n) is 9.75. The topological polar surface area (TPSA) is 66.5 Å². The highest BCUT2D eigenvalue weighted by Crippen LogP contribution is 2.42. The quantitative estimate of drug-likeness (QED) is 0.653. The van der Waals surface area contributed by atoms with Crippen LogP contribution in [0.5, 0.6) is 0 Å². The standard InChI is InChI=1S/C21H21Cl3N2O3S/c22-14-1-3-16-18(11-14)25-21(27)20(16)13-5-7-26(8-6-13)9-10-30(28,29)19-12-15(23)2-4-17(19)24/h1-4,11-13,20H,5-10H2,(H,25,27). The van der Waals surface area contributed by atoms with Gasteiger partial charge in [-0.25, -0.2) is 8.42 Å². The lowest BCUT2D eigenvalue weighted by Crippen LogP contribution is -2.39. The Hall–Kier alpha value is -1.31. The highest BCUT2D eigenvalue weighted by molar-refractivity contribution is 7.91. The Morgan fingerprint density at radius 3 is 2.40 bits per heavy atom. The van der Waals surface area contributed by atoms with Gasteiger partial charge in [0.05, 0.1) is 21.6 Å². The summed E-state index contributed by atoms with van der Waals surface area (Å²) in [6.07, 6.45) is 1.66. The maximum absolute atomic E-state index is 12.7. The smallest absolute Gasteiger partial charge is 0.232 e. The summed E-state index contributed by atoms with van der Waals surface area (Å²) in [7, 11) is -3.53. The first kappa shape index (κ1) is 21.9. The monoisotopic (exact) mass is 486 g/mol. The van der Waals surface area contributed by atoms with Crippen LogP contribution in [0.15, 0.2) is 41.3 Å². The number of nitrogens with zero attached hydrogens (tertiary/aromatic N) is 1. The highest BCUT2D eigenvalue weighted by atomic mass is 35.5. The van der Waals surface area contributed by atoms with Gasteiger partial charge in [-0.05, 0) is 67.7 Å². The number of hydrogen-bond donors (Lipinski definition) is 1. The van der Waals surface area contributed by atoms with Crippen molar-refractivity contribution in [2.45, 2.75) is 23.7 Å². The van der Waals surface area contributed by atoms with Crippen LogP contribution in [0.2, 0.25) is 15.1 Å². The molecule has 9 heteroatoms. The van der Waals surface area contributed by atoms with Gasteiger partial charge in [-0.2, -0.15) is 0 Å². The molecule has 2 aromatic rings. The van der Waals surface area contributed by atoms with Crippen molar-refractivity contribution in [2.75, 3.05) is 30.7 Å². The third kappa shape index (κ3) is 4.48. The fourth-order valence-corrected chi connectivity index (χ4v) is 6.58. The molecule has 160 valence electrons. The number of likely N-dealkylation sites (tertiary alicyclic amines) is 1. The molecule has 30 heavy (non-hydrogen) atoms. The number of fused-ring (bicyclic) bond motifs is 1. The Morgan fingerprint density at radius 1 is 1.00 bits per heavy atom. The number of hydrogen-bond acceptors (Lipinski definition) is 4. The molecular formula is C21H21Cl3N2O3S. The molecule has 2 heterocycles. The maximum Gasteiger partial charge on any atom is 0.232 e. The summed E-state index contributed by atoms with van der Waals surface area (Å²) in [6, 6.07) is 9.99. The molecule has 2 aromatic carbocycles. The van der Waals surface area contributed by atoms with Crippen molar-refractivity contribution in [1.29, 1.82) is 0 Å².